The number of aromatic nitrogens is 1. The molecule has 1 aliphatic rings. The van der Waals surface area contributed by atoms with E-state index in [0.717, 1.165) is 11.9 Å². The van der Waals surface area contributed by atoms with Crippen molar-refractivity contribution < 1.29 is 0 Å². The second-order valence-electron chi connectivity index (χ2n) is 6.34. The lowest BCUT2D eigenvalue weighted by atomic mass is 9.83. The Bertz CT molecular complexity index is 619. The van der Waals surface area contributed by atoms with E-state index in [-0.39, 0.29) is 11.6 Å². The van der Waals surface area contributed by atoms with Crippen LogP contribution in [-0.4, -0.2) is 28.5 Å². The van der Waals surface area contributed by atoms with Gasteiger partial charge in [-0.2, -0.15) is 0 Å². The first-order chi connectivity index (χ1) is 10.1. The average Bonchev–Trinajstić information content (AvgIpc) is 3.08. The van der Waals surface area contributed by atoms with Crippen LogP contribution in [0.4, 0.5) is 0 Å². The summed E-state index contributed by atoms with van der Waals surface area (Å²) in [7, 11) is 0. The van der Waals surface area contributed by atoms with Crippen LogP contribution < -0.4 is 5.73 Å². The Hall–Kier alpha value is -1.45. The molecular weight excluding hydrogens is 258 g/mol. The van der Waals surface area contributed by atoms with Gasteiger partial charge < -0.3 is 5.73 Å². The van der Waals surface area contributed by atoms with E-state index in [0.29, 0.717) is 0 Å². The second kappa shape index (κ2) is 5.74. The third-order valence-electron chi connectivity index (χ3n) is 5.20. The van der Waals surface area contributed by atoms with Gasteiger partial charge in [-0.25, -0.2) is 0 Å². The molecule has 0 radical (unpaired) electrons. The maximum absolute atomic E-state index is 6.69. The summed E-state index contributed by atoms with van der Waals surface area (Å²) in [5.74, 6) is 0. The predicted octanol–water partition coefficient (Wildman–Crippen LogP) is 3.50. The molecule has 0 aliphatic carbocycles. The third kappa shape index (κ3) is 2.56. The van der Waals surface area contributed by atoms with Crippen LogP contribution in [0.25, 0.3) is 10.9 Å². The molecule has 0 amide bonds. The molecule has 0 saturated carbocycles. The number of nitrogens with zero attached hydrogens (tertiary/aromatic N) is 2. The van der Waals surface area contributed by atoms with Crippen LogP contribution >= 0.6 is 0 Å². The van der Waals surface area contributed by atoms with E-state index in [2.05, 4.69) is 48.0 Å². The fraction of sp³-hybridized carbons (Fsp3) is 0.500. The molecule has 0 spiro atoms. The van der Waals surface area contributed by atoms with Gasteiger partial charge in [0, 0.05) is 23.2 Å². The molecule has 21 heavy (non-hydrogen) atoms. The Morgan fingerprint density at radius 2 is 2.05 bits per heavy atom. The summed E-state index contributed by atoms with van der Waals surface area (Å²) in [5, 5.41) is 1.17. The summed E-state index contributed by atoms with van der Waals surface area (Å²) >= 11 is 0. The molecule has 3 heteroatoms. The van der Waals surface area contributed by atoms with Gasteiger partial charge in [0.05, 0.1) is 5.52 Å². The van der Waals surface area contributed by atoms with Crippen LogP contribution in [0.5, 0.6) is 0 Å². The molecule has 2 heterocycles. The first kappa shape index (κ1) is 14.5. The molecule has 1 fully saturated rings. The van der Waals surface area contributed by atoms with E-state index in [4.69, 9.17) is 5.73 Å². The molecule has 1 aliphatic heterocycles. The Balaban J connectivity index is 1.95. The van der Waals surface area contributed by atoms with Crippen molar-refractivity contribution in [1.29, 1.82) is 0 Å². The van der Waals surface area contributed by atoms with Crippen LogP contribution in [0, 0.1) is 0 Å². The lowest BCUT2D eigenvalue weighted by Crippen LogP contribution is -2.51. The van der Waals surface area contributed by atoms with E-state index in [9.17, 15) is 0 Å². The summed E-state index contributed by atoms with van der Waals surface area (Å²) in [4.78, 5) is 7.03. The van der Waals surface area contributed by atoms with Gasteiger partial charge in [0.2, 0.25) is 0 Å². The summed E-state index contributed by atoms with van der Waals surface area (Å²) in [5.41, 5.74) is 8.94. The molecule has 2 atom stereocenters. The zero-order chi connectivity index (χ0) is 14.9. The lowest BCUT2D eigenvalue weighted by Gasteiger charge is -2.43. The van der Waals surface area contributed by atoms with Crippen molar-refractivity contribution >= 4 is 10.9 Å². The standard InChI is InChI=1S/C18H25N3/c1-3-18(2,21-11-4-5-12-21)17(19)15-9-8-14-7-6-10-20-16(14)13-15/h6-10,13,17H,3-5,11-12,19H2,1-2H3. The molecule has 0 bridgehead atoms. The number of pyridine rings is 1. The maximum atomic E-state index is 6.69. The molecule has 2 N–H and O–H groups in total. The van der Waals surface area contributed by atoms with Crippen molar-refractivity contribution in [3.05, 3.63) is 42.1 Å². The third-order valence-corrected chi connectivity index (χ3v) is 5.20. The molecule has 1 aromatic carbocycles. The molecule has 1 saturated heterocycles. The number of rotatable bonds is 4. The minimum atomic E-state index is 0.0204. The summed E-state index contributed by atoms with van der Waals surface area (Å²) < 4.78 is 0. The molecule has 2 aromatic rings. The summed E-state index contributed by atoms with van der Waals surface area (Å²) in [6.45, 7) is 6.90. The second-order valence-corrected chi connectivity index (χ2v) is 6.34. The number of fused-ring (bicyclic) bond motifs is 1. The summed E-state index contributed by atoms with van der Waals surface area (Å²) in [6, 6.07) is 10.5. The van der Waals surface area contributed by atoms with E-state index >= 15 is 0 Å². The normalized spacial score (nSPS) is 20.5. The number of hydrogen-bond donors (Lipinski definition) is 1. The van der Waals surface area contributed by atoms with Crippen molar-refractivity contribution in [3.63, 3.8) is 0 Å². The first-order valence-corrected chi connectivity index (χ1v) is 8.00. The van der Waals surface area contributed by atoms with Crippen LogP contribution in [0.15, 0.2) is 36.5 Å². The first-order valence-electron chi connectivity index (χ1n) is 8.00. The Kier molecular flexibility index (Phi) is 3.96. The summed E-state index contributed by atoms with van der Waals surface area (Å²) in [6.07, 6.45) is 5.49. The van der Waals surface area contributed by atoms with Crippen LogP contribution in [0.3, 0.4) is 0 Å². The van der Waals surface area contributed by atoms with E-state index in [1.807, 2.05) is 12.3 Å². The van der Waals surface area contributed by atoms with Crippen molar-refractivity contribution in [1.82, 2.24) is 9.88 Å². The number of benzene rings is 1. The van der Waals surface area contributed by atoms with Crippen LogP contribution in [0.1, 0.15) is 44.7 Å². The van der Waals surface area contributed by atoms with Crippen molar-refractivity contribution in [2.45, 2.75) is 44.7 Å². The SMILES string of the molecule is CCC(C)(C(N)c1ccc2cccnc2c1)N1CCCC1. The molecule has 1 aromatic heterocycles. The highest BCUT2D eigenvalue weighted by Crippen LogP contribution is 2.35. The molecule has 3 nitrogen and oxygen atoms in total. The largest absolute Gasteiger partial charge is 0.322 e. The molecular formula is C18H25N3. The zero-order valence-corrected chi connectivity index (χ0v) is 13.0. The van der Waals surface area contributed by atoms with Gasteiger partial charge in [0.1, 0.15) is 0 Å². The fourth-order valence-electron chi connectivity index (χ4n) is 3.50. The van der Waals surface area contributed by atoms with Gasteiger partial charge in [-0.1, -0.05) is 25.1 Å². The number of likely N-dealkylation sites (tertiary alicyclic amines) is 1. The highest BCUT2D eigenvalue weighted by molar-refractivity contribution is 5.79. The quantitative estimate of drug-likeness (QED) is 0.934. The Morgan fingerprint density at radius 3 is 2.76 bits per heavy atom. The zero-order valence-electron chi connectivity index (χ0n) is 13.0. The minimum Gasteiger partial charge on any atom is -0.322 e. The predicted molar refractivity (Wildman–Crippen MR) is 88.2 cm³/mol. The number of nitrogens with two attached hydrogens (primary N) is 1. The fourth-order valence-corrected chi connectivity index (χ4v) is 3.50. The topological polar surface area (TPSA) is 42.1 Å². The van der Waals surface area contributed by atoms with Gasteiger partial charge >= 0.3 is 0 Å². The van der Waals surface area contributed by atoms with E-state index in [1.165, 1.54) is 36.9 Å². The smallest absolute Gasteiger partial charge is 0.0705 e. The van der Waals surface area contributed by atoms with Gasteiger partial charge in [-0.3, -0.25) is 9.88 Å². The van der Waals surface area contributed by atoms with Gasteiger partial charge in [-0.05, 0) is 57.0 Å². The van der Waals surface area contributed by atoms with E-state index in [1.54, 1.807) is 0 Å². The monoisotopic (exact) mass is 283 g/mol. The Labute approximate surface area is 127 Å². The van der Waals surface area contributed by atoms with Crippen molar-refractivity contribution in [3.8, 4) is 0 Å². The molecule has 3 rings (SSSR count). The highest BCUT2D eigenvalue weighted by Gasteiger charge is 2.38. The maximum Gasteiger partial charge on any atom is 0.0705 e. The van der Waals surface area contributed by atoms with E-state index < -0.39 is 0 Å². The molecule has 112 valence electrons. The average molecular weight is 283 g/mol. The van der Waals surface area contributed by atoms with Crippen molar-refractivity contribution in [2.24, 2.45) is 5.73 Å². The van der Waals surface area contributed by atoms with Gasteiger partial charge in [0.25, 0.3) is 0 Å². The Morgan fingerprint density at radius 1 is 1.29 bits per heavy atom. The van der Waals surface area contributed by atoms with Crippen LogP contribution in [-0.2, 0) is 0 Å². The van der Waals surface area contributed by atoms with Gasteiger partial charge in [0.15, 0.2) is 0 Å². The number of hydrogen-bond acceptors (Lipinski definition) is 3. The van der Waals surface area contributed by atoms with Gasteiger partial charge in [-0.15, -0.1) is 0 Å². The lowest BCUT2D eigenvalue weighted by molar-refractivity contribution is 0.100. The van der Waals surface area contributed by atoms with Crippen molar-refractivity contribution in [2.75, 3.05) is 13.1 Å². The molecule has 2 unspecified atom stereocenters. The minimum absolute atomic E-state index is 0.0204. The van der Waals surface area contributed by atoms with Crippen LogP contribution in [0.2, 0.25) is 0 Å². The highest BCUT2D eigenvalue weighted by atomic mass is 15.2.